The van der Waals surface area contributed by atoms with E-state index < -0.39 is 18.2 Å². The first-order valence-electron chi connectivity index (χ1n) is 2.33. The summed E-state index contributed by atoms with van der Waals surface area (Å²) in [5.41, 5.74) is 4.60. The highest BCUT2D eigenvalue weighted by atomic mass is 16.6. The van der Waals surface area contributed by atoms with Crippen molar-refractivity contribution in [3.8, 4) is 0 Å². The average molecular weight is 131 g/mol. The number of rotatable bonds is 1. The molecular formula is C4H5NO4. The monoisotopic (exact) mass is 131 g/mol. The first kappa shape index (κ1) is 5.87. The summed E-state index contributed by atoms with van der Waals surface area (Å²) in [7, 11) is 0. The summed E-state index contributed by atoms with van der Waals surface area (Å²) in [4.78, 5) is 20.2. The minimum absolute atomic E-state index is 0.127. The van der Waals surface area contributed by atoms with Gasteiger partial charge >= 0.3 is 12.1 Å². The van der Waals surface area contributed by atoms with Gasteiger partial charge in [0.1, 0.15) is 6.61 Å². The molecule has 2 N–H and O–H groups in total. The topological polar surface area (TPSA) is 78.6 Å². The summed E-state index contributed by atoms with van der Waals surface area (Å²) >= 11 is 0. The van der Waals surface area contributed by atoms with Crippen molar-refractivity contribution in [2.45, 2.75) is 6.10 Å². The van der Waals surface area contributed by atoms with Crippen LogP contribution in [0.25, 0.3) is 0 Å². The lowest BCUT2D eigenvalue weighted by atomic mass is 10.3. The second kappa shape index (κ2) is 1.93. The summed E-state index contributed by atoms with van der Waals surface area (Å²) in [5, 5.41) is 0. The van der Waals surface area contributed by atoms with E-state index in [1.54, 1.807) is 0 Å². The van der Waals surface area contributed by atoms with E-state index in [0.717, 1.165) is 0 Å². The van der Waals surface area contributed by atoms with Crippen LogP contribution in [0.15, 0.2) is 0 Å². The Morgan fingerprint density at radius 3 is 2.67 bits per heavy atom. The maximum Gasteiger partial charge on any atom is 0.405 e. The molecule has 0 aromatic rings. The molecule has 9 heavy (non-hydrogen) atoms. The number of cyclic esters (lactones) is 1. The molecule has 1 aliphatic rings. The molecule has 1 heterocycles. The van der Waals surface area contributed by atoms with E-state index in [1.807, 2.05) is 0 Å². The Bertz CT molecular complexity index is 155. The van der Waals surface area contributed by atoms with Crippen LogP contribution in [0.2, 0.25) is 0 Å². The van der Waals surface area contributed by atoms with Gasteiger partial charge in [0, 0.05) is 0 Å². The smallest absolute Gasteiger partial charge is 0.405 e. The fourth-order valence-electron chi connectivity index (χ4n) is 0.442. The SMILES string of the molecule is NC(=O)OC1COC1=O. The molecule has 1 saturated heterocycles. The molecule has 0 spiro atoms. The first-order valence-corrected chi connectivity index (χ1v) is 2.33. The first-order chi connectivity index (χ1) is 4.20. The highest BCUT2D eigenvalue weighted by molar-refractivity contribution is 5.82. The van der Waals surface area contributed by atoms with Crippen molar-refractivity contribution in [1.29, 1.82) is 0 Å². The Kier molecular flexibility index (Phi) is 1.26. The molecule has 1 amide bonds. The van der Waals surface area contributed by atoms with E-state index in [9.17, 15) is 9.59 Å². The minimum Gasteiger partial charge on any atom is -0.458 e. The maximum absolute atomic E-state index is 10.2. The summed E-state index contributed by atoms with van der Waals surface area (Å²) in [6.45, 7) is 0.127. The van der Waals surface area contributed by atoms with Gasteiger partial charge in [0.05, 0.1) is 0 Å². The third-order valence-electron chi connectivity index (χ3n) is 0.898. The Balaban J connectivity index is 2.29. The molecule has 0 saturated carbocycles. The van der Waals surface area contributed by atoms with Gasteiger partial charge in [0.15, 0.2) is 0 Å². The van der Waals surface area contributed by atoms with Crippen LogP contribution in [-0.4, -0.2) is 24.8 Å². The number of hydrogen-bond donors (Lipinski definition) is 1. The molecule has 5 nitrogen and oxygen atoms in total. The zero-order valence-corrected chi connectivity index (χ0v) is 4.49. The lowest BCUT2D eigenvalue weighted by Crippen LogP contribution is -2.44. The van der Waals surface area contributed by atoms with Crippen molar-refractivity contribution in [3.05, 3.63) is 0 Å². The van der Waals surface area contributed by atoms with Gasteiger partial charge in [0.2, 0.25) is 6.10 Å². The second-order valence-corrected chi connectivity index (χ2v) is 1.56. The largest absolute Gasteiger partial charge is 0.458 e. The average Bonchev–Trinajstić information content (AvgIpc) is 1.79. The quantitative estimate of drug-likeness (QED) is 0.463. The van der Waals surface area contributed by atoms with Gasteiger partial charge in [-0.1, -0.05) is 0 Å². The number of carbonyl (C=O) groups excluding carboxylic acids is 2. The van der Waals surface area contributed by atoms with E-state index in [4.69, 9.17) is 0 Å². The molecule has 0 bridgehead atoms. The number of nitrogens with two attached hydrogens (primary N) is 1. The second-order valence-electron chi connectivity index (χ2n) is 1.56. The normalized spacial score (nSPS) is 24.0. The number of hydrogen-bond acceptors (Lipinski definition) is 4. The molecular weight excluding hydrogens is 126 g/mol. The van der Waals surface area contributed by atoms with Gasteiger partial charge in [-0.3, -0.25) is 0 Å². The molecule has 1 unspecified atom stereocenters. The van der Waals surface area contributed by atoms with Gasteiger partial charge in [-0.05, 0) is 0 Å². The van der Waals surface area contributed by atoms with Crippen molar-refractivity contribution in [3.63, 3.8) is 0 Å². The van der Waals surface area contributed by atoms with Crippen LogP contribution in [0.4, 0.5) is 4.79 Å². The fraction of sp³-hybridized carbons (Fsp3) is 0.500. The van der Waals surface area contributed by atoms with Crippen molar-refractivity contribution >= 4 is 12.1 Å². The van der Waals surface area contributed by atoms with Crippen LogP contribution < -0.4 is 5.73 Å². The number of amides is 1. The van der Waals surface area contributed by atoms with E-state index in [2.05, 4.69) is 15.2 Å². The van der Waals surface area contributed by atoms with Crippen LogP contribution in [0, 0.1) is 0 Å². The number of esters is 1. The lowest BCUT2D eigenvalue weighted by molar-refractivity contribution is -0.178. The van der Waals surface area contributed by atoms with E-state index in [0.29, 0.717) is 0 Å². The molecule has 1 aliphatic heterocycles. The molecule has 0 aromatic carbocycles. The standard InChI is InChI=1S/C4H5NO4/c5-4(7)9-2-1-8-3(2)6/h2H,1H2,(H2,5,7). The van der Waals surface area contributed by atoms with Crippen molar-refractivity contribution < 1.29 is 19.1 Å². The van der Waals surface area contributed by atoms with Gasteiger partial charge < -0.3 is 15.2 Å². The molecule has 0 radical (unpaired) electrons. The summed E-state index contributed by atoms with van der Waals surface area (Å²) in [6.07, 6.45) is -1.71. The van der Waals surface area contributed by atoms with Crippen LogP contribution in [0.5, 0.6) is 0 Å². The Morgan fingerprint density at radius 2 is 2.56 bits per heavy atom. The highest BCUT2D eigenvalue weighted by Crippen LogP contribution is 2.06. The minimum atomic E-state index is -0.948. The van der Waals surface area contributed by atoms with Gasteiger partial charge in [-0.2, -0.15) is 0 Å². The molecule has 0 aliphatic carbocycles. The summed E-state index contributed by atoms with van der Waals surface area (Å²) in [5.74, 6) is -0.534. The Hall–Kier alpha value is -1.26. The molecule has 0 aromatic heterocycles. The summed E-state index contributed by atoms with van der Waals surface area (Å²) < 4.78 is 8.54. The molecule has 1 rings (SSSR count). The van der Waals surface area contributed by atoms with Gasteiger partial charge in [-0.25, -0.2) is 9.59 Å². The zero-order valence-electron chi connectivity index (χ0n) is 4.49. The fourth-order valence-corrected chi connectivity index (χ4v) is 0.442. The van der Waals surface area contributed by atoms with Gasteiger partial charge in [0.25, 0.3) is 0 Å². The predicted molar refractivity (Wildman–Crippen MR) is 25.4 cm³/mol. The van der Waals surface area contributed by atoms with Crippen LogP contribution in [-0.2, 0) is 14.3 Å². The molecule has 1 atom stereocenters. The van der Waals surface area contributed by atoms with Crippen LogP contribution in [0.3, 0.4) is 0 Å². The Morgan fingerprint density at radius 1 is 1.89 bits per heavy atom. The zero-order chi connectivity index (χ0) is 6.85. The van der Waals surface area contributed by atoms with Crippen LogP contribution in [0.1, 0.15) is 0 Å². The Labute approximate surface area is 50.7 Å². The summed E-state index contributed by atoms with van der Waals surface area (Å²) in [6, 6.07) is 0. The number of ether oxygens (including phenoxy) is 2. The van der Waals surface area contributed by atoms with Crippen LogP contribution >= 0.6 is 0 Å². The van der Waals surface area contributed by atoms with E-state index >= 15 is 0 Å². The van der Waals surface area contributed by atoms with Crippen molar-refractivity contribution in [2.24, 2.45) is 5.73 Å². The molecule has 1 fully saturated rings. The van der Waals surface area contributed by atoms with E-state index in [-0.39, 0.29) is 6.61 Å². The lowest BCUT2D eigenvalue weighted by Gasteiger charge is -2.22. The third-order valence-corrected chi connectivity index (χ3v) is 0.898. The van der Waals surface area contributed by atoms with Crippen molar-refractivity contribution in [1.82, 2.24) is 0 Å². The van der Waals surface area contributed by atoms with Gasteiger partial charge in [-0.15, -0.1) is 0 Å². The highest BCUT2D eigenvalue weighted by Gasteiger charge is 2.33. The predicted octanol–water partition coefficient (Wildman–Crippen LogP) is -0.993. The molecule has 5 heteroatoms. The third kappa shape index (κ3) is 1.10. The van der Waals surface area contributed by atoms with Crippen molar-refractivity contribution in [2.75, 3.05) is 6.61 Å². The van der Waals surface area contributed by atoms with E-state index in [1.165, 1.54) is 0 Å². The number of primary amides is 1. The maximum atomic E-state index is 10.2. The molecule has 50 valence electrons. The number of carbonyl (C=O) groups is 2.